The monoisotopic (exact) mass is 407 g/mol. The van der Waals surface area contributed by atoms with Gasteiger partial charge in [-0.25, -0.2) is 4.68 Å². The first kappa shape index (κ1) is 18.9. The molecule has 0 bridgehead atoms. The van der Waals surface area contributed by atoms with E-state index in [-0.39, 0.29) is 5.69 Å². The number of benzene rings is 1. The predicted molar refractivity (Wildman–Crippen MR) is 100 cm³/mol. The number of carbonyl (C=O) groups is 2. The molecule has 27 heavy (non-hydrogen) atoms. The van der Waals surface area contributed by atoms with Gasteiger partial charge in [0.2, 0.25) is 0 Å². The van der Waals surface area contributed by atoms with E-state index in [2.05, 4.69) is 15.5 Å². The van der Waals surface area contributed by atoms with Gasteiger partial charge in [-0.05, 0) is 30.7 Å². The minimum absolute atomic E-state index is 0.133. The third-order valence-electron chi connectivity index (χ3n) is 3.77. The zero-order valence-electron chi connectivity index (χ0n) is 14.2. The van der Waals surface area contributed by atoms with E-state index in [1.807, 2.05) is 13.0 Å². The minimum atomic E-state index is -1.09. The van der Waals surface area contributed by atoms with E-state index in [4.69, 9.17) is 28.3 Å². The lowest BCUT2D eigenvalue weighted by molar-refractivity contribution is -0.137. The summed E-state index contributed by atoms with van der Waals surface area (Å²) >= 11 is 12.0. The lowest BCUT2D eigenvalue weighted by atomic mass is 10.2. The molecule has 0 unspecified atom stereocenters. The number of carboxylic acid groups (broad SMARTS) is 1. The summed E-state index contributed by atoms with van der Waals surface area (Å²) < 4.78 is 2.82. The van der Waals surface area contributed by atoms with Crippen molar-refractivity contribution in [1.29, 1.82) is 0 Å². The topological polar surface area (TPSA) is 102 Å². The molecule has 2 aromatic heterocycles. The summed E-state index contributed by atoms with van der Waals surface area (Å²) in [7, 11) is 0. The summed E-state index contributed by atoms with van der Waals surface area (Å²) in [6.07, 6.45) is 1.37. The van der Waals surface area contributed by atoms with Crippen LogP contribution in [0.3, 0.4) is 0 Å². The Bertz CT molecular complexity index is 1010. The van der Waals surface area contributed by atoms with Crippen molar-refractivity contribution in [2.45, 2.75) is 20.0 Å². The third kappa shape index (κ3) is 4.47. The number of aryl methyl sites for hydroxylation is 1. The number of aromatic nitrogens is 4. The molecule has 3 aromatic rings. The molecule has 0 aliphatic heterocycles. The van der Waals surface area contributed by atoms with Crippen LogP contribution in [0, 0.1) is 6.92 Å². The number of halogens is 2. The molecular formula is C17H15Cl2N5O3. The normalized spacial score (nSPS) is 10.8. The van der Waals surface area contributed by atoms with E-state index in [9.17, 15) is 9.59 Å². The van der Waals surface area contributed by atoms with Crippen LogP contribution in [0.4, 0.5) is 5.82 Å². The van der Waals surface area contributed by atoms with Crippen molar-refractivity contribution in [3.8, 4) is 0 Å². The summed E-state index contributed by atoms with van der Waals surface area (Å²) in [5.41, 5.74) is 1.87. The van der Waals surface area contributed by atoms with Crippen LogP contribution in [-0.4, -0.2) is 36.5 Å². The lowest BCUT2D eigenvalue weighted by Gasteiger charge is -2.06. The molecule has 0 spiro atoms. The molecule has 0 fully saturated rings. The Kier molecular flexibility index (Phi) is 5.48. The Morgan fingerprint density at radius 2 is 1.93 bits per heavy atom. The fraction of sp³-hybridized carbons (Fsp3) is 0.176. The number of anilines is 1. The van der Waals surface area contributed by atoms with Gasteiger partial charge in [0.15, 0.2) is 5.82 Å². The van der Waals surface area contributed by atoms with Crippen molar-refractivity contribution in [2.75, 3.05) is 5.32 Å². The second-order valence-corrected chi connectivity index (χ2v) is 6.61. The molecular weight excluding hydrogens is 393 g/mol. The highest BCUT2D eigenvalue weighted by Gasteiger charge is 2.16. The number of nitrogens with one attached hydrogen (secondary N) is 1. The average molecular weight is 408 g/mol. The van der Waals surface area contributed by atoms with Gasteiger partial charge in [0, 0.05) is 18.0 Å². The second kappa shape index (κ2) is 7.81. The largest absolute Gasteiger partial charge is 0.480 e. The number of nitrogens with zero attached hydrogens (tertiary/aromatic N) is 4. The zero-order chi connectivity index (χ0) is 19.6. The minimum Gasteiger partial charge on any atom is -0.480 e. The summed E-state index contributed by atoms with van der Waals surface area (Å²) in [4.78, 5) is 23.2. The molecule has 10 heteroatoms. The Hall–Kier alpha value is -2.84. The lowest BCUT2D eigenvalue weighted by Crippen LogP contribution is -2.21. The molecule has 8 nitrogen and oxygen atoms in total. The number of carbonyl (C=O) groups excluding carboxylic acids is 1. The van der Waals surface area contributed by atoms with Gasteiger partial charge in [-0.15, -0.1) is 0 Å². The predicted octanol–water partition coefficient (Wildman–Crippen LogP) is 3.08. The fourth-order valence-corrected chi connectivity index (χ4v) is 2.82. The van der Waals surface area contributed by atoms with Crippen LogP contribution in [-0.2, 0) is 17.9 Å². The Labute approximate surface area is 164 Å². The van der Waals surface area contributed by atoms with Gasteiger partial charge in [-0.1, -0.05) is 29.3 Å². The highest BCUT2D eigenvalue weighted by molar-refractivity contribution is 6.42. The Morgan fingerprint density at radius 1 is 1.15 bits per heavy atom. The molecule has 2 heterocycles. The van der Waals surface area contributed by atoms with Crippen LogP contribution in [0.25, 0.3) is 0 Å². The molecule has 0 saturated heterocycles. The molecule has 3 rings (SSSR count). The van der Waals surface area contributed by atoms with E-state index in [1.165, 1.54) is 12.3 Å². The van der Waals surface area contributed by atoms with Gasteiger partial charge in [-0.2, -0.15) is 10.2 Å². The average Bonchev–Trinajstić information content (AvgIpc) is 3.17. The van der Waals surface area contributed by atoms with Gasteiger partial charge in [0.1, 0.15) is 12.2 Å². The molecule has 0 atom stereocenters. The molecule has 0 aliphatic rings. The quantitative estimate of drug-likeness (QED) is 0.653. The summed E-state index contributed by atoms with van der Waals surface area (Å²) in [5.74, 6) is -1.23. The molecule has 1 amide bonds. The zero-order valence-corrected chi connectivity index (χ0v) is 15.7. The summed E-state index contributed by atoms with van der Waals surface area (Å²) in [6.45, 7) is 1.91. The third-order valence-corrected chi connectivity index (χ3v) is 4.51. The maximum absolute atomic E-state index is 12.4. The smallest absolute Gasteiger partial charge is 0.325 e. The van der Waals surface area contributed by atoms with E-state index < -0.39 is 18.4 Å². The molecule has 0 radical (unpaired) electrons. The van der Waals surface area contributed by atoms with Crippen LogP contribution in [0.5, 0.6) is 0 Å². The summed E-state index contributed by atoms with van der Waals surface area (Å²) in [6, 6.07) is 8.47. The van der Waals surface area contributed by atoms with Crippen molar-refractivity contribution in [3.05, 3.63) is 63.5 Å². The first-order valence-corrected chi connectivity index (χ1v) is 8.62. The number of amides is 1. The highest BCUT2D eigenvalue weighted by atomic mass is 35.5. The molecule has 2 N–H and O–H groups in total. The van der Waals surface area contributed by atoms with E-state index in [0.29, 0.717) is 22.4 Å². The van der Waals surface area contributed by atoms with Gasteiger partial charge in [0.05, 0.1) is 16.6 Å². The van der Waals surface area contributed by atoms with Crippen molar-refractivity contribution in [3.63, 3.8) is 0 Å². The van der Waals surface area contributed by atoms with Crippen LogP contribution in [0.1, 0.15) is 21.7 Å². The first-order valence-electron chi connectivity index (χ1n) is 7.87. The van der Waals surface area contributed by atoms with Crippen LogP contribution in [0.15, 0.2) is 36.5 Å². The molecule has 0 saturated carbocycles. The van der Waals surface area contributed by atoms with Crippen molar-refractivity contribution in [2.24, 2.45) is 0 Å². The van der Waals surface area contributed by atoms with Crippen molar-refractivity contribution < 1.29 is 14.7 Å². The summed E-state index contributed by atoms with van der Waals surface area (Å²) in [5, 5.41) is 20.7. The van der Waals surface area contributed by atoms with E-state index >= 15 is 0 Å². The van der Waals surface area contributed by atoms with E-state index in [0.717, 1.165) is 15.9 Å². The number of hydrogen-bond acceptors (Lipinski definition) is 4. The van der Waals surface area contributed by atoms with Gasteiger partial charge in [-0.3, -0.25) is 14.3 Å². The first-order chi connectivity index (χ1) is 12.8. The van der Waals surface area contributed by atoms with Crippen molar-refractivity contribution in [1.82, 2.24) is 19.6 Å². The van der Waals surface area contributed by atoms with Gasteiger partial charge >= 0.3 is 5.97 Å². The fourth-order valence-electron chi connectivity index (χ4n) is 2.50. The van der Waals surface area contributed by atoms with Gasteiger partial charge in [0.25, 0.3) is 5.91 Å². The maximum Gasteiger partial charge on any atom is 0.325 e. The van der Waals surface area contributed by atoms with Crippen LogP contribution < -0.4 is 5.32 Å². The second-order valence-electron chi connectivity index (χ2n) is 5.80. The SMILES string of the molecule is Cc1cc(NC(=O)c2ccnn2CC(=O)O)nn1Cc1ccc(Cl)c(Cl)c1. The maximum atomic E-state index is 12.4. The number of rotatable bonds is 6. The number of hydrogen-bond donors (Lipinski definition) is 2. The highest BCUT2D eigenvalue weighted by Crippen LogP contribution is 2.23. The standard InChI is InChI=1S/C17H15Cl2N5O3/c1-10-6-15(21-17(27)14-4-5-20-24(14)9-16(25)26)22-23(10)8-11-2-3-12(18)13(19)7-11/h2-7H,8-9H2,1H3,(H,25,26)(H,21,22,27). The van der Waals surface area contributed by atoms with Crippen molar-refractivity contribution >= 4 is 40.9 Å². The van der Waals surface area contributed by atoms with Gasteiger partial charge < -0.3 is 10.4 Å². The molecule has 0 aliphatic carbocycles. The number of carboxylic acids is 1. The van der Waals surface area contributed by atoms with Crippen LogP contribution >= 0.6 is 23.2 Å². The van der Waals surface area contributed by atoms with Crippen LogP contribution in [0.2, 0.25) is 10.0 Å². The Balaban J connectivity index is 1.74. The Morgan fingerprint density at radius 3 is 2.63 bits per heavy atom. The number of aliphatic carboxylic acids is 1. The molecule has 140 valence electrons. The van der Waals surface area contributed by atoms with E-state index in [1.54, 1.807) is 22.9 Å². The molecule has 1 aromatic carbocycles.